The van der Waals surface area contributed by atoms with Crippen molar-refractivity contribution in [1.82, 2.24) is 30.9 Å². The lowest BCUT2D eigenvalue weighted by Gasteiger charge is -2.25. The predicted octanol–water partition coefficient (Wildman–Crippen LogP) is -1.54. The molecule has 0 fully saturated rings. The monoisotopic (exact) mass is 626 g/mol. The van der Waals surface area contributed by atoms with Crippen LogP contribution in [0.5, 0.6) is 0 Å². The highest BCUT2D eigenvalue weighted by Crippen LogP contribution is 2.19. The van der Waals surface area contributed by atoms with Gasteiger partial charge in [0, 0.05) is 54.8 Å². The molecule has 17 heteroatoms. The predicted molar refractivity (Wildman–Crippen MR) is 162 cm³/mol. The van der Waals surface area contributed by atoms with E-state index in [0.29, 0.717) is 11.3 Å². The number of carbonyl (C=O) groups excluding carboxylic acids is 3. The quantitative estimate of drug-likeness (QED) is 0.0438. The van der Waals surface area contributed by atoms with Gasteiger partial charge in [-0.15, -0.1) is 0 Å². The van der Waals surface area contributed by atoms with Gasteiger partial charge in [0.2, 0.25) is 17.7 Å². The first kappa shape index (κ1) is 34.0. The standard InChI is InChI=1S/C28H38N10O7/c29-18(7-8-23(39)40)24(41)37-22(11-16-13-32-14-35-16)26(43)38-21(10-15-12-34-19-5-2-1-4-17(15)19)25(42)36-20(27(44)45)6-3-9-33-28(30)31/h1-2,4-5,12-14,18,20-22,34H,3,6-11,29H2,(H,32,35)(H,36,42)(H,37,41)(H,38,43)(H,39,40)(H,44,45)(H4,30,31,33). The number of aliphatic carboxylic acids is 2. The molecule has 3 amide bonds. The summed E-state index contributed by atoms with van der Waals surface area (Å²) in [6, 6.07) is 2.29. The number of nitrogens with zero attached hydrogens (tertiary/aromatic N) is 2. The average molecular weight is 627 g/mol. The Hall–Kier alpha value is -5.45. The van der Waals surface area contributed by atoms with Gasteiger partial charge in [-0.2, -0.15) is 0 Å². The van der Waals surface area contributed by atoms with Crippen molar-refractivity contribution >= 4 is 46.5 Å². The van der Waals surface area contributed by atoms with Crippen LogP contribution in [0.15, 0.2) is 48.0 Å². The SMILES string of the molecule is NC(N)=NCCCC(NC(=O)C(Cc1c[nH]c2ccccc12)NC(=O)C(Cc1cnc[nH]1)NC(=O)C(N)CCC(=O)O)C(=O)O. The summed E-state index contributed by atoms with van der Waals surface area (Å²) in [4.78, 5) is 76.6. The van der Waals surface area contributed by atoms with E-state index >= 15 is 0 Å². The number of hydrogen-bond donors (Lipinski definition) is 10. The van der Waals surface area contributed by atoms with E-state index in [2.05, 4.69) is 35.9 Å². The fourth-order valence-corrected chi connectivity index (χ4v) is 4.55. The Balaban J connectivity index is 1.84. The van der Waals surface area contributed by atoms with Crippen molar-refractivity contribution < 1.29 is 34.2 Å². The summed E-state index contributed by atoms with van der Waals surface area (Å²) in [5, 5.41) is 27.2. The second kappa shape index (κ2) is 16.4. The second-order valence-corrected chi connectivity index (χ2v) is 10.4. The van der Waals surface area contributed by atoms with E-state index in [9.17, 15) is 29.1 Å². The first-order chi connectivity index (χ1) is 21.4. The molecule has 0 aliphatic carbocycles. The van der Waals surface area contributed by atoms with Gasteiger partial charge >= 0.3 is 11.9 Å². The van der Waals surface area contributed by atoms with Crippen LogP contribution >= 0.6 is 0 Å². The maximum atomic E-state index is 13.7. The number of aliphatic imine (C=N–C) groups is 1. The third kappa shape index (κ3) is 10.6. The number of nitrogens with two attached hydrogens (primary N) is 3. The maximum Gasteiger partial charge on any atom is 0.326 e. The molecule has 4 atom stereocenters. The van der Waals surface area contributed by atoms with Crippen molar-refractivity contribution in [2.24, 2.45) is 22.2 Å². The summed E-state index contributed by atoms with van der Waals surface area (Å²) < 4.78 is 0. The molecule has 13 N–H and O–H groups in total. The highest BCUT2D eigenvalue weighted by atomic mass is 16.4. The number of rotatable bonds is 18. The molecule has 1 aromatic carbocycles. The maximum absolute atomic E-state index is 13.7. The van der Waals surface area contributed by atoms with Gasteiger partial charge in [-0.3, -0.25) is 24.2 Å². The normalized spacial score (nSPS) is 13.6. The van der Waals surface area contributed by atoms with Crippen molar-refractivity contribution in [2.75, 3.05) is 6.54 Å². The van der Waals surface area contributed by atoms with Gasteiger partial charge in [-0.05, 0) is 30.9 Å². The third-order valence-corrected chi connectivity index (χ3v) is 6.91. The Kier molecular flexibility index (Phi) is 12.4. The molecule has 17 nitrogen and oxygen atoms in total. The Morgan fingerprint density at radius 3 is 2.20 bits per heavy atom. The van der Waals surface area contributed by atoms with E-state index in [1.807, 2.05) is 24.3 Å². The largest absolute Gasteiger partial charge is 0.481 e. The van der Waals surface area contributed by atoms with Crippen molar-refractivity contribution in [3.05, 3.63) is 54.2 Å². The van der Waals surface area contributed by atoms with Gasteiger partial charge < -0.3 is 53.3 Å². The Bertz CT molecular complexity index is 1500. The number of imidazole rings is 1. The van der Waals surface area contributed by atoms with Crippen LogP contribution in [0.2, 0.25) is 0 Å². The Morgan fingerprint density at radius 1 is 0.889 bits per heavy atom. The lowest BCUT2D eigenvalue weighted by atomic mass is 10.0. The Morgan fingerprint density at radius 2 is 1.56 bits per heavy atom. The fourth-order valence-electron chi connectivity index (χ4n) is 4.55. The zero-order chi connectivity index (χ0) is 32.9. The van der Waals surface area contributed by atoms with E-state index < -0.39 is 53.8 Å². The zero-order valence-corrected chi connectivity index (χ0v) is 24.4. The number of carboxylic acid groups (broad SMARTS) is 2. The molecule has 4 unspecified atom stereocenters. The van der Waals surface area contributed by atoms with E-state index in [1.54, 1.807) is 6.20 Å². The molecule has 45 heavy (non-hydrogen) atoms. The van der Waals surface area contributed by atoms with Crippen molar-refractivity contribution in [2.45, 2.75) is 62.7 Å². The lowest BCUT2D eigenvalue weighted by molar-refractivity contribution is -0.142. The summed E-state index contributed by atoms with van der Waals surface area (Å²) in [5.74, 6) is -4.86. The third-order valence-electron chi connectivity index (χ3n) is 6.91. The zero-order valence-electron chi connectivity index (χ0n) is 24.4. The molecule has 0 bridgehead atoms. The number of aromatic nitrogens is 3. The van der Waals surface area contributed by atoms with Crippen LogP contribution in [0, 0.1) is 0 Å². The number of carbonyl (C=O) groups is 5. The smallest absolute Gasteiger partial charge is 0.326 e. The van der Waals surface area contributed by atoms with Crippen LogP contribution in [-0.2, 0) is 36.8 Å². The number of fused-ring (bicyclic) bond motifs is 1. The van der Waals surface area contributed by atoms with Crippen LogP contribution in [0.3, 0.4) is 0 Å². The van der Waals surface area contributed by atoms with Crippen LogP contribution < -0.4 is 33.2 Å². The molecule has 0 spiro atoms. The molecule has 0 radical (unpaired) electrons. The van der Waals surface area contributed by atoms with Gasteiger partial charge in [0.15, 0.2) is 5.96 Å². The van der Waals surface area contributed by atoms with Crippen LogP contribution in [0.1, 0.15) is 36.9 Å². The summed E-state index contributed by atoms with van der Waals surface area (Å²) >= 11 is 0. The van der Waals surface area contributed by atoms with Crippen LogP contribution in [-0.4, -0.2) is 91.5 Å². The van der Waals surface area contributed by atoms with E-state index in [-0.39, 0.29) is 51.0 Å². The Labute approximate surface area is 257 Å². The number of carboxylic acids is 2. The molecule has 3 aromatic rings. The number of aromatic amines is 2. The first-order valence-electron chi connectivity index (χ1n) is 14.1. The fraction of sp³-hybridized carbons (Fsp3) is 0.393. The minimum atomic E-state index is -1.30. The number of guanidine groups is 1. The molecule has 2 aromatic heterocycles. The molecule has 0 saturated carbocycles. The summed E-state index contributed by atoms with van der Waals surface area (Å²) in [6.45, 7) is 0.154. The molecule has 0 saturated heterocycles. The molecule has 0 aliphatic heterocycles. The van der Waals surface area contributed by atoms with Gasteiger partial charge in [0.1, 0.15) is 18.1 Å². The number of H-pyrrole nitrogens is 2. The van der Waals surface area contributed by atoms with Gasteiger partial charge in [0.25, 0.3) is 0 Å². The number of hydrogen-bond acceptors (Lipinski definition) is 8. The summed E-state index contributed by atoms with van der Waals surface area (Å²) in [7, 11) is 0. The van der Waals surface area contributed by atoms with Crippen molar-refractivity contribution in [3.63, 3.8) is 0 Å². The summed E-state index contributed by atoms with van der Waals surface area (Å²) in [6.07, 6.45) is 4.20. The van der Waals surface area contributed by atoms with Crippen LogP contribution in [0.4, 0.5) is 0 Å². The molecular weight excluding hydrogens is 588 g/mol. The molecule has 3 rings (SSSR count). The van der Waals surface area contributed by atoms with Crippen molar-refractivity contribution in [1.29, 1.82) is 0 Å². The number of para-hydroxylation sites is 1. The van der Waals surface area contributed by atoms with E-state index in [0.717, 1.165) is 10.9 Å². The minimum absolute atomic E-state index is 0.0122. The summed E-state index contributed by atoms with van der Waals surface area (Å²) in [5.41, 5.74) is 18.4. The number of benzene rings is 1. The number of nitrogens with one attached hydrogen (secondary N) is 5. The van der Waals surface area contributed by atoms with Gasteiger partial charge in [0.05, 0.1) is 12.4 Å². The second-order valence-electron chi connectivity index (χ2n) is 10.4. The van der Waals surface area contributed by atoms with Gasteiger partial charge in [-0.25, -0.2) is 9.78 Å². The first-order valence-corrected chi connectivity index (χ1v) is 14.1. The highest BCUT2D eigenvalue weighted by Gasteiger charge is 2.31. The topological polar surface area (TPSA) is 297 Å². The molecule has 2 heterocycles. The van der Waals surface area contributed by atoms with Crippen LogP contribution in [0.25, 0.3) is 10.9 Å². The van der Waals surface area contributed by atoms with E-state index in [4.69, 9.17) is 22.3 Å². The molecule has 0 aliphatic rings. The van der Waals surface area contributed by atoms with Gasteiger partial charge in [-0.1, -0.05) is 18.2 Å². The number of amides is 3. The molecule has 242 valence electrons. The van der Waals surface area contributed by atoms with Crippen molar-refractivity contribution in [3.8, 4) is 0 Å². The average Bonchev–Trinajstić information content (AvgIpc) is 3.66. The lowest BCUT2D eigenvalue weighted by Crippen LogP contribution is -2.58. The minimum Gasteiger partial charge on any atom is -0.481 e. The van der Waals surface area contributed by atoms with E-state index in [1.165, 1.54) is 12.5 Å². The molecular formula is C28H38N10O7. The highest BCUT2D eigenvalue weighted by molar-refractivity contribution is 5.95.